The van der Waals surface area contributed by atoms with Crippen LogP contribution in [0.15, 0.2) is 47.1 Å². The Labute approximate surface area is 190 Å². The van der Waals surface area contributed by atoms with Gasteiger partial charge in [0.05, 0.1) is 19.2 Å². The number of aromatic nitrogens is 3. The lowest BCUT2D eigenvalue weighted by Crippen LogP contribution is -2.22. The van der Waals surface area contributed by atoms with E-state index in [4.69, 9.17) is 10.5 Å². The average molecular weight is 477 g/mol. The molecule has 1 heterocycles. The first-order valence-corrected chi connectivity index (χ1v) is 11.3. The van der Waals surface area contributed by atoms with Crippen LogP contribution in [0, 0.1) is 0 Å². The van der Waals surface area contributed by atoms with Gasteiger partial charge in [0.2, 0.25) is 10.0 Å². The second-order valence-corrected chi connectivity index (χ2v) is 9.38. The van der Waals surface area contributed by atoms with Gasteiger partial charge in [-0.1, -0.05) is 11.3 Å². The number of methoxy groups -OCH3 is 1. The molecular weight excluding hydrogens is 451 g/mol. The quantitative estimate of drug-likeness (QED) is 0.504. The van der Waals surface area contributed by atoms with Crippen molar-refractivity contribution in [3.63, 3.8) is 0 Å². The molecule has 0 aliphatic rings. The SMILES string of the molecule is CNC(=O)c1cc(-c2ccc(OC)c(S(=O)(=O)N(C)C)c2)c2nnn(C/C(F)=C/CN)c2c1. The first-order valence-electron chi connectivity index (χ1n) is 9.88. The van der Waals surface area contributed by atoms with Crippen LogP contribution in [0.25, 0.3) is 22.2 Å². The number of fused-ring (bicyclic) bond motifs is 1. The molecule has 3 aromatic rings. The second kappa shape index (κ2) is 9.65. The van der Waals surface area contributed by atoms with Crippen LogP contribution in [-0.2, 0) is 16.6 Å². The van der Waals surface area contributed by atoms with Crippen LogP contribution >= 0.6 is 0 Å². The van der Waals surface area contributed by atoms with Gasteiger partial charge in [-0.25, -0.2) is 21.8 Å². The van der Waals surface area contributed by atoms with Gasteiger partial charge < -0.3 is 15.8 Å². The zero-order valence-corrected chi connectivity index (χ0v) is 19.5. The fourth-order valence-corrected chi connectivity index (χ4v) is 4.33. The maximum atomic E-state index is 14.1. The molecule has 0 aliphatic carbocycles. The molecule has 3 N–H and O–H groups in total. The van der Waals surface area contributed by atoms with E-state index in [0.717, 1.165) is 4.31 Å². The van der Waals surface area contributed by atoms with E-state index in [1.54, 1.807) is 18.2 Å². The molecule has 12 heteroatoms. The number of ether oxygens (including phenoxy) is 1. The summed E-state index contributed by atoms with van der Waals surface area (Å²) in [6.07, 6.45) is 1.22. The summed E-state index contributed by atoms with van der Waals surface area (Å²) >= 11 is 0. The number of carbonyl (C=O) groups is 1. The van der Waals surface area contributed by atoms with E-state index in [0.29, 0.717) is 22.2 Å². The van der Waals surface area contributed by atoms with Crippen molar-refractivity contribution in [2.75, 3.05) is 34.8 Å². The van der Waals surface area contributed by atoms with Crippen molar-refractivity contribution in [3.8, 4) is 16.9 Å². The van der Waals surface area contributed by atoms with Crippen LogP contribution in [0.4, 0.5) is 4.39 Å². The zero-order chi connectivity index (χ0) is 24.3. The van der Waals surface area contributed by atoms with Crippen LogP contribution < -0.4 is 15.8 Å². The molecule has 10 nitrogen and oxygen atoms in total. The molecule has 0 atom stereocenters. The van der Waals surface area contributed by atoms with Crippen LogP contribution in [-0.4, -0.2) is 68.4 Å². The highest BCUT2D eigenvalue weighted by atomic mass is 32.2. The second-order valence-electron chi connectivity index (χ2n) is 7.26. The van der Waals surface area contributed by atoms with Crippen molar-refractivity contribution in [1.82, 2.24) is 24.6 Å². The molecule has 3 rings (SSSR count). The number of nitrogens with one attached hydrogen (secondary N) is 1. The van der Waals surface area contributed by atoms with E-state index < -0.39 is 15.9 Å². The summed E-state index contributed by atoms with van der Waals surface area (Å²) in [4.78, 5) is 12.4. The molecule has 33 heavy (non-hydrogen) atoms. The summed E-state index contributed by atoms with van der Waals surface area (Å²) in [5.41, 5.74) is 7.35. The third-order valence-corrected chi connectivity index (χ3v) is 6.82. The number of hydrogen-bond donors (Lipinski definition) is 2. The molecule has 0 unspecified atom stereocenters. The Morgan fingerprint density at radius 2 is 2.03 bits per heavy atom. The minimum atomic E-state index is -3.83. The summed E-state index contributed by atoms with van der Waals surface area (Å²) in [5, 5.41) is 10.7. The highest BCUT2D eigenvalue weighted by Gasteiger charge is 2.24. The van der Waals surface area contributed by atoms with Gasteiger partial charge in [0.25, 0.3) is 5.91 Å². The van der Waals surface area contributed by atoms with Gasteiger partial charge in [0.15, 0.2) is 0 Å². The first kappa shape index (κ1) is 24.3. The summed E-state index contributed by atoms with van der Waals surface area (Å²) in [7, 11) is 1.87. The van der Waals surface area contributed by atoms with Gasteiger partial charge >= 0.3 is 0 Å². The Morgan fingerprint density at radius 3 is 2.64 bits per heavy atom. The Morgan fingerprint density at radius 1 is 1.30 bits per heavy atom. The minimum absolute atomic E-state index is 0.0299. The lowest BCUT2D eigenvalue weighted by molar-refractivity contribution is 0.0963. The normalized spacial score (nSPS) is 12.4. The van der Waals surface area contributed by atoms with Gasteiger partial charge in [0.1, 0.15) is 22.0 Å². The van der Waals surface area contributed by atoms with E-state index in [1.807, 2.05) is 0 Å². The summed E-state index contributed by atoms with van der Waals surface area (Å²) in [6.45, 7) is -0.185. The summed E-state index contributed by atoms with van der Waals surface area (Å²) in [5.74, 6) is -0.706. The molecule has 0 radical (unpaired) electrons. The first-order chi connectivity index (χ1) is 15.6. The molecule has 0 bridgehead atoms. The van der Waals surface area contributed by atoms with Crippen molar-refractivity contribution in [3.05, 3.63) is 47.8 Å². The monoisotopic (exact) mass is 476 g/mol. The Hall–Kier alpha value is -3.35. The van der Waals surface area contributed by atoms with Gasteiger partial charge in [-0.3, -0.25) is 4.79 Å². The van der Waals surface area contributed by atoms with Crippen LogP contribution in [0.5, 0.6) is 5.75 Å². The lowest BCUT2D eigenvalue weighted by atomic mass is 10.0. The number of benzene rings is 2. The molecule has 0 fully saturated rings. The van der Waals surface area contributed by atoms with E-state index in [9.17, 15) is 17.6 Å². The highest BCUT2D eigenvalue weighted by Crippen LogP contribution is 2.35. The summed E-state index contributed by atoms with van der Waals surface area (Å²) < 4.78 is 47.5. The van der Waals surface area contributed by atoms with E-state index >= 15 is 0 Å². The van der Waals surface area contributed by atoms with Crippen LogP contribution in [0.1, 0.15) is 10.4 Å². The number of sulfonamides is 1. The molecule has 176 valence electrons. The van der Waals surface area contributed by atoms with Crippen molar-refractivity contribution in [2.24, 2.45) is 5.73 Å². The molecule has 1 aromatic heterocycles. The Kier molecular flexibility index (Phi) is 7.10. The van der Waals surface area contributed by atoms with Crippen LogP contribution in [0.2, 0.25) is 0 Å². The number of rotatable bonds is 8. The van der Waals surface area contributed by atoms with Crippen molar-refractivity contribution >= 4 is 27.0 Å². The maximum Gasteiger partial charge on any atom is 0.251 e. The van der Waals surface area contributed by atoms with E-state index in [2.05, 4.69) is 15.6 Å². The number of carbonyl (C=O) groups excluding carboxylic acids is 1. The van der Waals surface area contributed by atoms with Crippen molar-refractivity contribution in [2.45, 2.75) is 11.4 Å². The summed E-state index contributed by atoms with van der Waals surface area (Å²) in [6, 6.07) is 7.76. The maximum absolute atomic E-state index is 14.1. The van der Waals surface area contributed by atoms with Crippen molar-refractivity contribution < 1.29 is 22.3 Å². The molecule has 2 aromatic carbocycles. The molecule has 0 aliphatic heterocycles. The number of hydrogen-bond acceptors (Lipinski definition) is 7. The fourth-order valence-electron chi connectivity index (χ4n) is 3.26. The standard InChI is InChI=1S/C21H25FN6O4S/c1-24-21(29)14-9-16(20-17(10-14)28(26-25-20)12-15(22)7-8-23)13-5-6-18(32-4)19(11-13)33(30,31)27(2)3/h5-7,9-11H,8,12,23H2,1-4H3,(H,24,29)/b15-7-. The minimum Gasteiger partial charge on any atom is -0.495 e. The Balaban J connectivity index is 2.29. The zero-order valence-electron chi connectivity index (χ0n) is 18.7. The van der Waals surface area contributed by atoms with Crippen molar-refractivity contribution in [1.29, 1.82) is 0 Å². The van der Waals surface area contributed by atoms with Gasteiger partial charge in [0, 0.05) is 38.8 Å². The number of nitrogens with two attached hydrogens (primary N) is 1. The predicted molar refractivity (Wildman–Crippen MR) is 122 cm³/mol. The van der Waals surface area contributed by atoms with Gasteiger partial charge in [-0.15, -0.1) is 5.10 Å². The molecule has 0 saturated heterocycles. The molecular formula is C21H25FN6O4S. The average Bonchev–Trinajstić information content (AvgIpc) is 3.19. The van der Waals surface area contributed by atoms with E-state index in [-0.39, 0.29) is 35.2 Å². The smallest absolute Gasteiger partial charge is 0.251 e. The molecule has 0 spiro atoms. The Bertz CT molecular complexity index is 1330. The highest BCUT2D eigenvalue weighted by molar-refractivity contribution is 7.89. The predicted octanol–water partition coefficient (Wildman–Crippen LogP) is 1.53. The number of amides is 1. The van der Waals surface area contributed by atoms with Gasteiger partial charge in [-0.2, -0.15) is 0 Å². The van der Waals surface area contributed by atoms with Crippen LogP contribution in [0.3, 0.4) is 0 Å². The molecule has 0 saturated carbocycles. The molecule has 1 amide bonds. The number of nitrogens with zero attached hydrogens (tertiary/aromatic N) is 4. The largest absolute Gasteiger partial charge is 0.495 e. The number of halogens is 1. The fraction of sp³-hybridized carbons (Fsp3) is 0.286. The van der Waals surface area contributed by atoms with E-state index in [1.165, 1.54) is 51.1 Å². The third-order valence-electron chi connectivity index (χ3n) is 4.98. The number of allylic oxidation sites excluding steroid dienone is 1. The third kappa shape index (κ3) is 4.72. The topological polar surface area (TPSA) is 132 Å². The lowest BCUT2D eigenvalue weighted by Gasteiger charge is -2.16. The van der Waals surface area contributed by atoms with Gasteiger partial charge in [-0.05, 0) is 35.9 Å².